The Morgan fingerprint density at radius 1 is 1.54 bits per heavy atom. The van der Waals surface area contributed by atoms with Crippen LogP contribution in [0.3, 0.4) is 0 Å². The molecular weight excluding hydrogens is 191 g/mol. The summed E-state index contributed by atoms with van der Waals surface area (Å²) in [6.07, 6.45) is 2.20. The highest BCUT2D eigenvalue weighted by atomic mass is 32.1. The summed E-state index contributed by atoms with van der Waals surface area (Å²) in [5.41, 5.74) is -0.769. The maximum absolute atomic E-state index is 12.7. The Bertz CT molecular complexity index is 341. The highest BCUT2D eigenvalue weighted by Gasteiger charge is 2.47. The molecule has 0 unspecified atom stereocenters. The quantitative estimate of drug-likeness (QED) is 0.795. The molecule has 1 fully saturated rings. The fourth-order valence-electron chi connectivity index (χ4n) is 1.67. The fraction of sp³-hybridized carbons (Fsp3) is 0.444. The molecule has 1 aromatic rings. The molecular formula is C9H9FO2S. The van der Waals surface area contributed by atoms with E-state index < -0.39 is 11.4 Å². The van der Waals surface area contributed by atoms with Gasteiger partial charge >= 0.3 is 5.97 Å². The van der Waals surface area contributed by atoms with Crippen molar-refractivity contribution in [2.24, 2.45) is 0 Å². The highest BCUT2D eigenvalue weighted by Crippen LogP contribution is 2.46. The second-order valence-electron chi connectivity index (χ2n) is 3.34. The first-order chi connectivity index (χ1) is 6.15. The van der Waals surface area contributed by atoms with E-state index in [1.54, 1.807) is 6.07 Å². The molecule has 0 aromatic carbocycles. The van der Waals surface area contributed by atoms with Gasteiger partial charge in [-0.3, -0.25) is 4.79 Å². The van der Waals surface area contributed by atoms with Crippen LogP contribution in [0.5, 0.6) is 0 Å². The molecule has 4 heteroatoms. The van der Waals surface area contributed by atoms with E-state index in [2.05, 4.69) is 0 Å². The summed E-state index contributed by atoms with van der Waals surface area (Å²) in [7, 11) is 0. The van der Waals surface area contributed by atoms with E-state index in [9.17, 15) is 9.18 Å². The van der Waals surface area contributed by atoms with E-state index in [0.29, 0.717) is 17.7 Å². The average molecular weight is 200 g/mol. The zero-order valence-corrected chi connectivity index (χ0v) is 7.73. The van der Waals surface area contributed by atoms with Crippen molar-refractivity contribution in [1.82, 2.24) is 0 Å². The van der Waals surface area contributed by atoms with Gasteiger partial charge in [-0.15, -0.1) is 11.3 Å². The number of rotatable bonds is 2. The monoisotopic (exact) mass is 200 g/mol. The first-order valence-corrected chi connectivity index (χ1v) is 4.96. The number of halogens is 1. The molecule has 2 nitrogen and oxygen atoms in total. The molecule has 2 rings (SSSR count). The lowest BCUT2D eigenvalue weighted by molar-refractivity contribution is -0.147. The summed E-state index contributed by atoms with van der Waals surface area (Å²) in [5, 5.41) is 8.73. The van der Waals surface area contributed by atoms with E-state index in [-0.39, 0.29) is 5.13 Å². The predicted molar refractivity (Wildman–Crippen MR) is 47.4 cm³/mol. The molecule has 1 saturated carbocycles. The number of thiophene rings is 1. The van der Waals surface area contributed by atoms with Crippen LogP contribution < -0.4 is 0 Å². The Morgan fingerprint density at radius 2 is 2.23 bits per heavy atom. The number of hydrogen-bond acceptors (Lipinski definition) is 2. The molecule has 1 aromatic heterocycles. The SMILES string of the molecule is O=C(O)C1(c2ccc(F)s2)CCC1. The summed E-state index contributed by atoms with van der Waals surface area (Å²) in [4.78, 5) is 11.7. The number of hydrogen-bond donors (Lipinski definition) is 1. The first-order valence-electron chi connectivity index (χ1n) is 4.14. The van der Waals surface area contributed by atoms with E-state index in [0.717, 1.165) is 17.8 Å². The third kappa shape index (κ3) is 1.16. The Labute approximate surface area is 79.0 Å². The van der Waals surface area contributed by atoms with Gasteiger partial charge in [0.2, 0.25) is 0 Å². The van der Waals surface area contributed by atoms with Gasteiger partial charge in [-0.05, 0) is 25.0 Å². The summed E-state index contributed by atoms with van der Waals surface area (Å²) in [6, 6.07) is 2.93. The van der Waals surface area contributed by atoms with Crippen molar-refractivity contribution >= 4 is 17.3 Å². The smallest absolute Gasteiger partial charge is 0.314 e. The molecule has 1 N–H and O–H groups in total. The third-order valence-electron chi connectivity index (χ3n) is 2.66. The summed E-state index contributed by atoms with van der Waals surface area (Å²) in [5.74, 6) is -0.819. The second kappa shape index (κ2) is 2.80. The average Bonchev–Trinajstić information content (AvgIpc) is 2.32. The topological polar surface area (TPSA) is 37.3 Å². The van der Waals surface area contributed by atoms with Crippen LogP contribution in [0.1, 0.15) is 24.1 Å². The zero-order chi connectivity index (χ0) is 9.47. The molecule has 1 aliphatic carbocycles. The van der Waals surface area contributed by atoms with Gasteiger partial charge in [0, 0.05) is 4.88 Å². The molecule has 0 bridgehead atoms. The second-order valence-corrected chi connectivity index (χ2v) is 4.38. The van der Waals surface area contributed by atoms with Gasteiger partial charge in [0.15, 0.2) is 5.13 Å². The van der Waals surface area contributed by atoms with E-state index in [4.69, 9.17) is 5.11 Å². The van der Waals surface area contributed by atoms with Gasteiger partial charge in [-0.25, -0.2) is 0 Å². The van der Waals surface area contributed by atoms with Gasteiger partial charge in [-0.2, -0.15) is 4.39 Å². The molecule has 0 radical (unpaired) electrons. The molecule has 0 saturated heterocycles. The van der Waals surface area contributed by atoms with Crippen LogP contribution in [-0.2, 0) is 10.2 Å². The van der Waals surface area contributed by atoms with Crippen molar-refractivity contribution in [3.05, 3.63) is 22.1 Å². The third-order valence-corrected chi connectivity index (χ3v) is 3.74. The minimum absolute atomic E-state index is 0.303. The minimum Gasteiger partial charge on any atom is -0.481 e. The Morgan fingerprint density at radius 3 is 2.54 bits per heavy atom. The zero-order valence-electron chi connectivity index (χ0n) is 6.92. The van der Waals surface area contributed by atoms with Crippen molar-refractivity contribution < 1.29 is 14.3 Å². The van der Waals surface area contributed by atoms with Crippen molar-refractivity contribution in [3.63, 3.8) is 0 Å². The van der Waals surface area contributed by atoms with Crippen LogP contribution in [0.25, 0.3) is 0 Å². The summed E-state index contributed by atoms with van der Waals surface area (Å²) >= 11 is 0.951. The Balaban J connectivity index is 2.37. The Kier molecular flexibility index (Phi) is 1.87. The fourth-order valence-corrected chi connectivity index (χ4v) is 2.64. The van der Waals surface area contributed by atoms with Crippen LogP contribution >= 0.6 is 11.3 Å². The summed E-state index contributed by atoms with van der Waals surface area (Å²) < 4.78 is 12.7. The first kappa shape index (κ1) is 8.69. The van der Waals surface area contributed by atoms with Gasteiger partial charge < -0.3 is 5.11 Å². The van der Waals surface area contributed by atoms with Gasteiger partial charge in [0.1, 0.15) is 5.41 Å². The van der Waals surface area contributed by atoms with E-state index in [1.807, 2.05) is 0 Å². The van der Waals surface area contributed by atoms with E-state index >= 15 is 0 Å². The van der Waals surface area contributed by atoms with Crippen molar-refractivity contribution in [2.75, 3.05) is 0 Å². The molecule has 0 amide bonds. The molecule has 1 aliphatic rings. The van der Waals surface area contributed by atoms with Crippen LogP contribution in [0.2, 0.25) is 0 Å². The number of carboxylic acids is 1. The molecule has 0 atom stereocenters. The normalized spacial score (nSPS) is 19.5. The minimum atomic E-state index is -0.819. The van der Waals surface area contributed by atoms with Gasteiger partial charge in [0.25, 0.3) is 0 Å². The molecule has 70 valence electrons. The molecule has 13 heavy (non-hydrogen) atoms. The van der Waals surface area contributed by atoms with Gasteiger partial charge in [0.05, 0.1) is 0 Å². The highest BCUT2D eigenvalue weighted by molar-refractivity contribution is 7.10. The standard InChI is InChI=1S/C9H9FO2S/c10-7-3-2-6(13-7)9(8(11)12)4-1-5-9/h2-3H,1,4-5H2,(H,11,12). The molecule has 0 spiro atoms. The molecule has 1 heterocycles. The lowest BCUT2D eigenvalue weighted by Crippen LogP contribution is -2.41. The predicted octanol–water partition coefficient (Wildman–Crippen LogP) is 2.39. The lowest BCUT2D eigenvalue weighted by Gasteiger charge is -2.36. The Hall–Kier alpha value is -0.900. The van der Waals surface area contributed by atoms with Crippen LogP contribution in [-0.4, -0.2) is 11.1 Å². The maximum atomic E-state index is 12.7. The van der Waals surface area contributed by atoms with Crippen molar-refractivity contribution in [1.29, 1.82) is 0 Å². The van der Waals surface area contributed by atoms with Gasteiger partial charge in [-0.1, -0.05) is 6.42 Å². The van der Waals surface area contributed by atoms with Crippen LogP contribution in [0.15, 0.2) is 12.1 Å². The number of aliphatic carboxylic acids is 1. The van der Waals surface area contributed by atoms with Crippen molar-refractivity contribution in [3.8, 4) is 0 Å². The van der Waals surface area contributed by atoms with Crippen LogP contribution in [0, 0.1) is 5.13 Å². The van der Waals surface area contributed by atoms with E-state index in [1.165, 1.54) is 6.07 Å². The number of carboxylic acid groups (broad SMARTS) is 1. The molecule has 0 aliphatic heterocycles. The number of carbonyl (C=O) groups is 1. The maximum Gasteiger partial charge on any atom is 0.314 e. The largest absolute Gasteiger partial charge is 0.481 e. The van der Waals surface area contributed by atoms with Crippen molar-refractivity contribution in [2.45, 2.75) is 24.7 Å². The van der Waals surface area contributed by atoms with Crippen LogP contribution in [0.4, 0.5) is 4.39 Å². The lowest BCUT2D eigenvalue weighted by atomic mass is 9.68. The summed E-state index contributed by atoms with van der Waals surface area (Å²) in [6.45, 7) is 0.